The fraction of sp³-hybridized carbons (Fsp3) is 0.486. The van der Waals surface area contributed by atoms with Gasteiger partial charge in [0, 0.05) is 70.3 Å². The van der Waals surface area contributed by atoms with Crippen LogP contribution in [-0.4, -0.2) is 48.3 Å². The second-order valence-corrected chi connectivity index (χ2v) is 21.2. The SMILES string of the molecule is CCCCCCCCCCCCCCCCOc1cc(C#Cc2ccc(C(=O)OCC)cc2C#Cc2cccnc2)c(OCCCCCCCCCCCCCCCC)cc1C#Cc1ccc(C(=O)OCC)cc1C#Cc1cccnc1. The third-order valence-electron chi connectivity index (χ3n) is 14.3. The molecule has 3 aromatic carbocycles. The number of nitrogens with zero attached hydrogens (tertiary/aromatic N) is 2. The van der Waals surface area contributed by atoms with Crippen LogP contribution in [0.1, 0.15) is 273 Å². The summed E-state index contributed by atoms with van der Waals surface area (Å²) in [6, 6.07) is 21.9. The summed E-state index contributed by atoms with van der Waals surface area (Å²) in [5, 5.41) is 0. The Labute approximate surface area is 494 Å². The molecule has 82 heavy (non-hydrogen) atoms. The molecule has 0 fully saturated rings. The highest BCUT2D eigenvalue weighted by Crippen LogP contribution is 2.30. The van der Waals surface area contributed by atoms with E-state index >= 15 is 0 Å². The van der Waals surface area contributed by atoms with E-state index in [0.717, 1.165) is 36.8 Å². The Bertz CT molecular complexity index is 2700. The molecule has 0 unspecified atom stereocenters. The van der Waals surface area contributed by atoms with Crippen LogP contribution >= 0.6 is 0 Å². The van der Waals surface area contributed by atoms with E-state index in [4.69, 9.17) is 18.9 Å². The van der Waals surface area contributed by atoms with E-state index in [1.807, 2.05) is 48.5 Å². The van der Waals surface area contributed by atoms with Gasteiger partial charge >= 0.3 is 11.9 Å². The number of rotatable bonds is 36. The van der Waals surface area contributed by atoms with Crippen molar-refractivity contribution < 1.29 is 28.5 Å². The quantitative estimate of drug-likeness (QED) is 0.0222. The van der Waals surface area contributed by atoms with E-state index in [9.17, 15) is 9.59 Å². The fourth-order valence-corrected chi connectivity index (χ4v) is 9.57. The normalized spacial score (nSPS) is 10.5. The van der Waals surface area contributed by atoms with Crippen LogP contribution in [0.15, 0.2) is 97.6 Å². The van der Waals surface area contributed by atoms with Gasteiger partial charge in [-0.15, -0.1) is 0 Å². The first-order valence-corrected chi connectivity index (χ1v) is 31.4. The average Bonchev–Trinajstić information content (AvgIpc) is 3.70. The number of ether oxygens (including phenoxy) is 4. The lowest BCUT2D eigenvalue weighted by Gasteiger charge is -2.14. The summed E-state index contributed by atoms with van der Waals surface area (Å²) in [6.45, 7) is 9.67. The van der Waals surface area contributed by atoms with Crippen molar-refractivity contribution in [2.24, 2.45) is 0 Å². The van der Waals surface area contributed by atoms with Crippen LogP contribution < -0.4 is 9.47 Å². The van der Waals surface area contributed by atoms with Crippen LogP contribution in [0.2, 0.25) is 0 Å². The molecule has 0 aliphatic rings. The molecule has 5 aromatic rings. The number of carbonyl (C=O) groups excluding carboxylic acids is 2. The lowest BCUT2D eigenvalue weighted by atomic mass is 10.0. The lowest BCUT2D eigenvalue weighted by Crippen LogP contribution is -2.05. The number of aromatic nitrogens is 2. The molecule has 8 nitrogen and oxygen atoms in total. The molecular formula is C74H92N2O6. The first-order chi connectivity index (χ1) is 40.4. The van der Waals surface area contributed by atoms with Gasteiger partial charge in [-0.3, -0.25) is 9.97 Å². The molecule has 0 atom stereocenters. The maximum absolute atomic E-state index is 12.9. The Hall–Kier alpha value is -7.26. The zero-order valence-corrected chi connectivity index (χ0v) is 50.2. The molecule has 434 valence electrons. The lowest BCUT2D eigenvalue weighted by molar-refractivity contribution is 0.0516. The van der Waals surface area contributed by atoms with Gasteiger partial charge in [-0.2, -0.15) is 0 Å². The van der Waals surface area contributed by atoms with Gasteiger partial charge in [0.05, 0.1) is 48.7 Å². The number of unbranched alkanes of at least 4 members (excludes halogenated alkanes) is 26. The van der Waals surface area contributed by atoms with Crippen molar-refractivity contribution in [1.29, 1.82) is 0 Å². The second-order valence-electron chi connectivity index (χ2n) is 21.2. The summed E-state index contributed by atoms with van der Waals surface area (Å²) in [7, 11) is 0. The topological polar surface area (TPSA) is 96.8 Å². The molecule has 8 heteroatoms. The van der Waals surface area contributed by atoms with Crippen LogP contribution in [-0.2, 0) is 9.47 Å². The minimum atomic E-state index is -0.425. The van der Waals surface area contributed by atoms with Crippen LogP contribution in [0.25, 0.3) is 0 Å². The van der Waals surface area contributed by atoms with E-state index < -0.39 is 11.9 Å². The van der Waals surface area contributed by atoms with Gasteiger partial charge in [-0.1, -0.05) is 228 Å². The molecule has 0 saturated heterocycles. The van der Waals surface area contributed by atoms with Gasteiger partial charge in [0.2, 0.25) is 0 Å². The zero-order chi connectivity index (χ0) is 57.9. The molecule has 0 aliphatic heterocycles. The van der Waals surface area contributed by atoms with Crippen molar-refractivity contribution in [3.63, 3.8) is 0 Å². The molecule has 0 amide bonds. The summed E-state index contributed by atoms with van der Waals surface area (Å²) in [5.41, 5.74) is 6.00. The van der Waals surface area contributed by atoms with E-state index in [2.05, 4.69) is 71.2 Å². The fourth-order valence-electron chi connectivity index (χ4n) is 9.57. The van der Waals surface area contributed by atoms with Crippen molar-refractivity contribution in [3.05, 3.63) is 153 Å². The number of carbonyl (C=O) groups is 2. The smallest absolute Gasteiger partial charge is 0.338 e. The summed E-state index contributed by atoms with van der Waals surface area (Å²) < 4.78 is 24.1. The predicted octanol–water partition coefficient (Wildman–Crippen LogP) is 18.1. The molecule has 0 N–H and O–H groups in total. The third kappa shape index (κ3) is 26.6. The Morgan fingerprint density at radius 1 is 0.354 bits per heavy atom. The molecule has 0 saturated carbocycles. The summed E-state index contributed by atoms with van der Waals surface area (Å²) >= 11 is 0. The van der Waals surface area contributed by atoms with E-state index in [1.165, 1.54) is 154 Å². The molecule has 0 radical (unpaired) electrons. The molecule has 2 aromatic heterocycles. The van der Waals surface area contributed by atoms with Crippen LogP contribution in [0.3, 0.4) is 0 Å². The highest BCUT2D eigenvalue weighted by atomic mass is 16.5. The Morgan fingerprint density at radius 2 is 0.671 bits per heavy atom. The van der Waals surface area contributed by atoms with Crippen molar-refractivity contribution in [3.8, 4) is 58.9 Å². The molecule has 0 bridgehead atoms. The van der Waals surface area contributed by atoms with E-state index in [-0.39, 0.29) is 13.2 Å². The monoisotopic (exact) mass is 1100 g/mol. The maximum atomic E-state index is 12.9. The predicted molar refractivity (Wildman–Crippen MR) is 335 cm³/mol. The molecule has 5 rings (SSSR count). The highest BCUT2D eigenvalue weighted by molar-refractivity contribution is 5.91. The summed E-state index contributed by atoms with van der Waals surface area (Å²) in [6.07, 6.45) is 42.4. The number of benzene rings is 3. The number of hydrogen-bond donors (Lipinski definition) is 0. The van der Waals surface area contributed by atoms with Crippen LogP contribution in [0, 0.1) is 47.4 Å². The van der Waals surface area contributed by atoms with Crippen LogP contribution in [0.5, 0.6) is 11.5 Å². The highest BCUT2D eigenvalue weighted by Gasteiger charge is 2.14. The molecule has 0 aliphatic carbocycles. The minimum Gasteiger partial charge on any atom is -0.492 e. The standard InChI is InChI=1S/C74H92N2O6/c1-5-9-11-13-15-17-19-21-23-25-27-29-31-33-53-81-71-57-68(48-44-64-46-50-70(74(78)80-8-4)56-66(64)42-40-62-38-36-52-76-60-62)72(82-54-34-32-30-28-26-24-22-20-18-16-14-12-10-6-2)58-67(71)47-43-63-45-49-69(73(77)79-7-3)55-65(63)41-39-61-37-35-51-75-59-61/h35-38,45-46,49-52,55-60H,5-34,53-54H2,1-4H3. The van der Waals surface area contributed by atoms with Gasteiger partial charge in [0.15, 0.2) is 0 Å². The summed E-state index contributed by atoms with van der Waals surface area (Å²) in [4.78, 5) is 34.3. The Balaban J connectivity index is 1.44. The van der Waals surface area contributed by atoms with Gasteiger partial charge in [-0.25, -0.2) is 9.59 Å². The maximum Gasteiger partial charge on any atom is 0.338 e. The van der Waals surface area contributed by atoms with Crippen molar-refractivity contribution in [2.45, 2.75) is 207 Å². The van der Waals surface area contributed by atoms with Crippen molar-refractivity contribution in [2.75, 3.05) is 26.4 Å². The van der Waals surface area contributed by atoms with E-state index in [1.54, 1.807) is 62.9 Å². The molecular weight excluding hydrogens is 1010 g/mol. The minimum absolute atomic E-state index is 0.257. The van der Waals surface area contributed by atoms with Crippen molar-refractivity contribution >= 4 is 11.9 Å². The number of esters is 2. The molecule has 0 spiro atoms. The second kappa shape index (κ2) is 41.7. The van der Waals surface area contributed by atoms with Gasteiger partial charge in [0.25, 0.3) is 0 Å². The third-order valence-corrected chi connectivity index (χ3v) is 14.3. The first-order valence-electron chi connectivity index (χ1n) is 31.4. The van der Waals surface area contributed by atoms with Crippen LogP contribution in [0.4, 0.5) is 0 Å². The van der Waals surface area contributed by atoms with Gasteiger partial charge in [0.1, 0.15) is 11.5 Å². The Kier molecular flexibility index (Phi) is 33.3. The first kappa shape index (κ1) is 65.5. The zero-order valence-electron chi connectivity index (χ0n) is 50.2. The molecule has 2 heterocycles. The largest absolute Gasteiger partial charge is 0.492 e. The van der Waals surface area contributed by atoms with Gasteiger partial charge in [-0.05, 0) is 87.4 Å². The Morgan fingerprint density at radius 3 is 0.988 bits per heavy atom. The summed E-state index contributed by atoms with van der Waals surface area (Å²) in [5.74, 6) is 26.9. The van der Waals surface area contributed by atoms with Crippen molar-refractivity contribution in [1.82, 2.24) is 9.97 Å². The van der Waals surface area contributed by atoms with E-state index in [0.29, 0.717) is 69.2 Å². The average molecular weight is 1110 g/mol. The number of hydrogen-bond acceptors (Lipinski definition) is 8. The van der Waals surface area contributed by atoms with Gasteiger partial charge < -0.3 is 18.9 Å². The number of pyridine rings is 2.